The van der Waals surface area contributed by atoms with Crippen LogP contribution in [-0.2, 0) is 4.74 Å². The van der Waals surface area contributed by atoms with Gasteiger partial charge in [0.25, 0.3) is 0 Å². The first-order valence-electron chi connectivity index (χ1n) is 5.67. The standard InChI is InChI=1S/C11H18N4OS/c1-2-5-16-6-3-4-13-10-8-14-9(7-15-10)11(12)17/h7-8H,2-6H2,1H3,(H2,12,17)(H,13,15). The minimum Gasteiger partial charge on any atom is -0.388 e. The lowest BCUT2D eigenvalue weighted by atomic mass is 10.4. The fourth-order valence-corrected chi connectivity index (χ4v) is 1.29. The van der Waals surface area contributed by atoms with Crippen LogP contribution < -0.4 is 11.1 Å². The lowest BCUT2D eigenvalue weighted by Gasteiger charge is -2.06. The molecule has 0 aliphatic rings. The van der Waals surface area contributed by atoms with Crippen molar-refractivity contribution in [1.29, 1.82) is 0 Å². The first-order valence-corrected chi connectivity index (χ1v) is 6.08. The highest BCUT2D eigenvalue weighted by atomic mass is 32.1. The number of anilines is 1. The van der Waals surface area contributed by atoms with E-state index in [0.717, 1.165) is 38.4 Å². The lowest BCUT2D eigenvalue weighted by Crippen LogP contribution is -2.13. The molecule has 0 radical (unpaired) electrons. The second kappa shape index (κ2) is 7.92. The Morgan fingerprint density at radius 1 is 1.41 bits per heavy atom. The molecule has 0 aromatic carbocycles. The van der Waals surface area contributed by atoms with E-state index < -0.39 is 0 Å². The van der Waals surface area contributed by atoms with E-state index in [9.17, 15) is 0 Å². The number of nitrogens with two attached hydrogens (primary N) is 1. The molecule has 6 heteroatoms. The zero-order valence-electron chi connectivity index (χ0n) is 9.98. The third-order valence-corrected chi connectivity index (χ3v) is 2.23. The Morgan fingerprint density at radius 3 is 2.82 bits per heavy atom. The Kier molecular flexibility index (Phi) is 6.42. The van der Waals surface area contributed by atoms with Crippen LogP contribution in [-0.4, -0.2) is 34.7 Å². The summed E-state index contributed by atoms with van der Waals surface area (Å²) >= 11 is 4.79. The predicted molar refractivity (Wildman–Crippen MR) is 72.1 cm³/mol. The molecule has 3 N–H and O–H groups in total. The molecule has 1 aromatic rings. The molecule has 0 bridgehead atoms. The van der Waals surface area contributed by atoms with Crippen molar-refractivity contribution in [2.75, 3.05) is 25.1 Å². The Balaban J connectivity index is 2.21. The van der Waals surface area contributed by atoms with Gasteiger partial charge in [-0.3, -0.25) is 0 Å². The van der Waals surface area contributed by atoms with Gasteiger partial charge < -0.3 is 15.8 Å². The zero-order valence-corrected chi connectivity index (χ0v) is 10.8. The summed E-state index contributed by atoms with van der Waals surface area (Å²) in [6, 6.07) is 0. The van der Waals surface area contributed by atoms with Crippen molar-refractivity contribution in [3.8, 4) is 0 Å². The van der Waals surface area contributed by atoms with Gasteiger partial charge in [0.1, 0.15) is 16.5 Å². The van der Waals surface area contributed by atoms with Crippen LogP contribution in [0.5, 0.6) is 0 Å². The van der Waals surface area contributed by atoms with E-state index in [0.29, 0.717) is 5.69 Å². The number of nitrogens with one attached hydrogen (secondary N) is 1. The van der Waals surface area contributed by atoms with Crippen molar-refractivity contribution in [3.05, 3.63) is 18.1 Å². The van der Waals surface area contributed by atoms with Gasteiger partial charge in [-0.25, -0.2) is 9.97 Å². The number of rotatable bonds is 8. The molecule has 0 saturated heterocycles. The number of ether oxygens (including phenoxy) is 1. The largest absolute Gasteiger partial charge is 0.388 e. The van der Waals surface area contributed by atoms with E-state index in [-0.39, 0.29) is 4.99 Å². The van der Waals surface area contributed by atoms with Gasteiger partial charge in [0.05, 0.1) is 12.4 Å². The number of nitrogens with zero attached hydrogens (tertiary/aromatic N) is 2. The molecular weight excluding hydrogens is 236 g/mol. The Labute approximate surface area is 107 Å². The average molecular weight is 254 g/mol. The maximum atomic E-state index is 5.42. The highest BCUT2D eigenvalue weighted by Gasteiger charge is 1.99. The van der Waals surface area contributed by atoms with E-state index in [1.165, 1.54) is 0 Å². The van der Waals surface area contributed by atoms with Gasteiger partial charge in [0, 0.05) is 19.8 Å². The van der Waals surface area contributed by atoms with Crippen molar-refractivity contribution < 1.29 is 4.74 Å². The van der Waals surface area contributed by atoms with Crippen LogP contribution in [0.1, 0.15) is 25.5 Å². The second-order valence-corrected chi connectivity index (χ2v) is 3.98. The van der Waals surface area contributed by atoms with Crippen LogP contribution in [0, 0.1) is 0 Å². The molecule has 0 aliphatic heterocycles. The van der Waals surface area contributed by atoms with Gasteiger partial charge >= 0.3 is 0 Å². The molecule has 0 unspecified atom stereocenters. The molecule has 5 nitrogen and oxygen atoms in total. The highest BCUT2D eigenvalue weighted by Crippen LogP contribution is 2.01. The molecule has 94 valence electrons. The Bertz CT molecular complexity index is 342. The molecular formula is C11H18N4OS. The fourth-order valence-electron chi connectivity index (χ4n) is 1.18. The van der Waals surface area contributed by atoms with E-state index in [4.69, 9.17) is 22.7 Å². The minimum absolute atomic E-state index is 0.261. The number of thiocarbonyl (C=S) groups is 1. The third kappa shape index (κ3) is 5.55. The minimum atomic E-state index is 0.261. The van der Waals surface area contributed by atoms with E-state index in [1.54, 1.807) is 12.4 Å². The third-order valence-electron chi connectivity index (χ3n) is 2.02. The summed E-state index contributed by atoms with van der Waals surface area (Å²) in [5, 5.41) is 3.15. The van der Waals surface area contributed by atoms with Crippen LogP contribution in [0.15, 0.2) is 12.4 Å². The smallest absolute Gasteiger partial charge is 0.144 e. The molecule has 0 spiro atoms. The molecule has 1 rings (SSSR count). The second-order valence-electron chi connectivity index (χ2n) is 3.54. The van der Waals surface area contributed by atoms with Crippen molar-refractivity contribution in [3.63, 3.8) is 0 Å². The summed E-state index contributed by atoms with van der Waals surface area (Å²) in [5.41, 5.74) is 5.96. The maximum Gasteiger partial charge on any atom is 0.144 e. The summed E-state index contributed by atoms with van der Waals surface area (Å²) in [4.78, 5) is 8.50. The molecule has 0 amide bonds. The van der Waals surface area contributed by atoms with Crippen LogP contribution in [0.25, 0.3) is 0 Å². The topological polar surface area (TPSA) is 73.1 Å². The van der Waals surface area contributed by atoms with Crippen molar-refractivity contribution in [2.45, 2.75) is 19.8 Å². The zero-order chi connectivity index (χ0) is 12.5. The van der Waals surface area contributed by atoms with Crippen LogP contribution in [0.4, 0.5) is 5.82 Å². The number of hydrogen-bond donors (Lipinski definition) is 2. The van der Waals surface area contributed by atoms with Crippen molar-refractivity contribution >= 4 is 23.0 Å². The molecule has 0 fully saturated rings. The Hall–Kier alpha value is -1.27. The first kappa shape index (κ1) is 13.8. The van der Waals surface area contributed by atoms with E-state index in [2.05, 4.69) is 22.2 Å². The molecule has 1 aromatic heterocycles. The molecule has 0 aliphatic carbocycles. The normalized spacial score (nSPS) is 10.2. The van der Waals surface area contributed by atoms with Crippen molar-refractivity contribution in [1.82, 2.24) is 9.97 Å². The number of aromatic nitrogens is 2. The fraction of sp³-hybridized carbons (Fsp3) is 0.545. The van der Waals surface area contributed by atoms with E-state index >= 15 is 0 Å². The SMILES string of the molecule is CCCOCCCNc1cnc(C(N)=S)cn1. The lowest BCUT2D eigenvalue weighted by molar-refractivity contribution is 0.134. The predicted octanol–water partition coefficient (Wildman–Crippen LogP) is 1.34. The van der Waals surface area contributed by atoms with Gasteiger partial charge in [-0.1, -0.05) is 19.1 Å². The number of hydrogen-bond acceptors (Lipinski definition) is 5. The summed E-state index contributed by atoms with van der Waals surface area (Å²) in [7, 11) is 0. The van der Waals surface area contributed by atoms with Crippen LogP contribution >= 0.6 is 12.2 Å². The monoisotopic (exact) mass is 254 g/mol. The molecule has 0 atom stereocenters. The van der Waals surface area contributed by atoms with Gasteiger partial charge in [-0.15, -0.1) is 0 Å². The Morgan fingerprint density at radius 2 is 2.24 bits per heavy atom. The van der Waals surface area contributed by atoms with E-state index in [1.807, 2.05) is 0 Å². The van der Waals surface area contributed by atoms with Gasteiger partial charge in [0.2, 0.25) is 0 Å². The van der Waals surface area contributed by atoms with Crippen LogP contribution in [0.2, 0.25) is 0 Å². The summed E-state index contributed by atoms with van der Waals surface area (Å²) in [5.74, 6) is 0.723. The first-order chi connectivity index (χ1) is 8.24. The van der Waals surface area contributed by atoms with Gasteiger partial charge in [0.15, 0.2) is 0 Å². The molecule has 17 heavy (non-hydrogen) atoms. The quantitative estimate of drug-likeness (QED) is 0.539. The van der Waals surface area contributed by atoms with Gasteiger partial charge in [-0.2, -0.15) is 0 Å². The molecule has 0 saturated carbocycles. The summed E-state index contributed by atoms with van der Waals surface area (Å²) in [6.45, 7) is 4.49. The highest BCUT2D eigenvalue weighted by molar-refractivity contribution is 7.80. The maximum absolute atomic E-state index is 5.42. The molecule has 1 heterocycles. The van der Waals surface area contributed by atoms with Crippen molar-refractivity contribution in [2.24, 2.45) is 5.73 Å². The van der Waals surface area contributed by atoms with Gasteiger partial charge in [-0.05, 0) is 12.8 Å². The summed E-state index contributed by atoms with van der Waals surface area (Å²) < 4.78 is 5.36. The average Bonchev–Trinajstić information content (AvgIpc) is 2.34. The summed E-state index contributed by atoms with van der Waals surface area (Å²) in [6.07, 6.45) is 5.19. The van der Waals surface area contributed by atoms with Crippen LogP contribution in [0.3, 0.4) is 0 Å².